The van der Waals surface area contributed by atoms with Crippen molar-refractivity contribution in [2.24, 2.45) is 0 Å². The van der Waals surface area contributed by atoms with Gasteiger partial charge in [0, 0.05) is 12.4 Å². The highest BCUT2D eigenvalue weighted by Crippen LogP contribution is 2.07. The third kappa shape index (κ3) is 0.515. The molecular weight excluding hydrogens is 128 g/mol. The Balaban J connectivity index is 2.88. The van der Waals surface area contributed by atoms with Crippen LogP contribution in [0.5, 0.6) is 0 Å². The maximum absolute atomic E-state index is 10.3. The molecule has 0 saturated carbocycles. The van der Waals surface area contributed by atoms with Crippen LogP contribution in [0.3, 0.4) is 0 Å². The highest BCUT2D eigenvalue weighted by molar-refractivity contribution is 5.85. The Hall–Kier alpha value is -1.51. The van der Waals surface area contributed by atoms with E-state index in [1.807, 2.05) is 18.3 Å². The molecule has 0 spiro atoms. The predicted molar refractivity (Wildman–Crippen MR) is 37.1 cm³/mol. The van der Waals surface area contributed by atoms with Crippen LogP contribution in [-0.4, -0.2) is 15.9 Å². The molecule has 0 aromatic carbocycles. The van der Waals surface area contributed by atoms with Crippen LogP contribution in [0.2, 0.25) is 0 Å². The average Bonchev–Trinajstić information content (AvgIpc) is 2.44. The first-order valence-corrected chi connectivity index (χ1v) is 3.01. The number of H-pyrrole nitrogens is 1. The van der Waals surface area contributed by atoms with E-state index >= 15 is 0 Å². The summed E-state index contributed by atoms with van der Waals surface area (Å²) in [4.78, 5) is 10.3. The van der Waals surface area contributed by atoms with Crippen molar-refractivity contribution < 1.29 is 4.79 Å². The second kappa shape index (κ2) is 1.73. The number of carbonyl (C=O) groups is 1. The van der Waals surface area contributed by atoms with Gasteiger partial charge in [0.1, 0.15) is 0 Å². The van der Waals surface area contributed by atoms with Crippen LogP contribution < -0.4 is 0 Å². The standard InChI is InChI=1S/C7H6N2O/c10-5-6-4-8-9-3-1-2-7(6)9/h1-5,8H. The second-order valence-electron chi connectivity index (χ2n) is 2.11. The van der Waals surface area contributed by atoms with Crippen molar-refractivity contribution in [2.75, 3.05) is 0 Å². The molecule has 0 unspecified atom stereocenters. The minimum atomic E-state index is 0.699. The molecule has 0 atom stereocenters. The smallest absolute Gasteiger partial charge is 0.153 e. The largest absolute Gasteiger partial charge is 0.301 e. The molecule has 3 heteroatoms. The number of carbonyl (C=O) groups excluding carboxylic acids is 1. The lowest BCUT2D eigenvalue weighted by atomic mass is 10.3. The molecule has 10 heavy (non-hydrogen) atoms. The van der Waals surface area contributed by atoms with Crippen molar-refractivity contribution in [3.8, 4) is 0 Å². The van der Waals surface area contributed by atoms with Crippen LogP contribution >= 0.6 is 0 Å². The summed E-state index contributed by atoms with van der Waals surface area (Å²) in [5.74, 6) is 0. The fraction of sp³-hybridized carbons (Fsp3) is 0. The van der Waals surface area contributed by atoms with Crippen molar-refractivity contribution in [1.82, 2.24) is 9.61 Å². The number of aldehydes is 1. The highest BCUT2D eigenvalue weighted by atomic mass is 16.1. The predicted octanol–water partition coefficient (Wildman–Crippen LogP) is 1.08. The molecule has 2 rings (SSSR count). The molecule has 0 amide bonds. The average molecular weight is 134 g/mol. The van der Waals surface area contributed by atoms with E-state index in [4.69, 9.17) is 0 Å². The van der Waals surface area contributed by atoms with Gasteiger partial charge in [-0.1, -0.05) is 0 Å². The fourth-order valence-corrected chi connectivity index (χ4v) is 1.04. The van der Waals surface area contributed by atoms with Gasteiger partial charge in [0.2, 0.25) is 0 Å². The van der Waals surface area contributed by atoms with Crippen LogP contribution in [0, 0.1) is 0 Å². The summed E-state index contributed by atoms with van der Waals surface area (Å²) in [6.07, 6.45) is 4.39. The van der Waals surface area contributed by atoms with Crippen molar-refractivity contribution in [1.29, 1.82) is 0 Å². The number of nitrogens with one attached hydrogen (secondary N) is 1. The molecule has 2 heterocycles. The summed E-state index contributed by atoms with van der Waals surface area (Å²) < 4.78 is 1.80. The first-order valence-electron chi connectivity index (χ1n) is 3.01. The molecule has 0 aliphatic rings. The van der Waals surface area contributed by atoms with E-state index in [0.717, 1.165) is 11.8 Å². The lowest BCUT2D eigenvalue weighted by Crippen LogP contribution is -1.76. The zero-order valence-electron chi connectivity index (χ0n) is 5.24. The van der Waals surface area contributed by atoms with E-state index in [0.29, 0.717) is 5.56 Å². The van der Waals surface area contributed by atoms with E-state index in [9.17, 15) is 4.79 Å². The van der Waals surface area contributed by atoms with Gasteiger partial charge < -0.3 is 5.10 Å². The van der Waals surface area contributed by atoms with Crippen LogP contribution in [0.1, 0.15) is 10.4 Å². The van der Waals surface area contributed by atoms with E-state index in [2.05, 4.69) is 5.10 Å². The van der Waals surface area contributed by atoms with E-state index < -0.39 is 0 Å². The Bertz CT molecular complexity index is 358. The van der Waals surface area contributed by atoms with Crippen molar-refractivity contribution in [3.63, 3.8) is 0 Å². The number of fused-ring (bicyclic) bond motifs is 1. The molecule has 1 N–H and O–H groups in total. The maximum atomic E-state index is 10.3. The molecule has 0 fully saturated rings. The van der Waals surface area contributed by atoms with Crippen molar-refractivity contribution >= 4 is 11.8 Å². The molecule has 2 aromatic rings. The quantitative estimate of drug-likeness (QED) is 0.582. The normalized spacial score (nSPS) is 10.4. The molecule has 0 aliphatic heterocycles. The van der Waals surface area contributed by atoms with Crippen LogP contribution in [0.15, 0.2) is 24.5 Å². The molecule has 50 valence electrons. The van der Waals surface area contributed by atoms with Crippen LogP contribution in [0.25, 0.3) is 5.52 Å². The van der Waals surface area contributed by atoms with Gasteiger partial charge in [-0.25, -0.2) is 0 Å². The molecule has 0 aliphatic carbocycles. The van der Waals surface area contributed by atoms with Crippen molar-refractivity contribution in [2.45, 2.75) is 0 Å². The first-order chi connectivity index (χ1) is 4.92. The number of rotatable bonds is 1. The molecular formula is C7H6N2O. The van der Waals surface area contributed by atoms with Gasteiger partial charge in [-0.15, -0.1) is 0 Å². The van der Waals surface area contributed by atoms with Gasteiger partial charge in [-0.2, -0.15) is 0 Å². The lowest BCUT2D eigenvalue weighted by Gasteiger charge is -1.79. The highest BCUT2D eigenvalue weighted by Gasteiger charge is 1.98. The third-order valence-electron chi connectivity index (χ3n) is 1.53. The van der Waals surface area contributed by atoms with Gasteiger partial charge in [-0.3, -0.25) is 9.31 Å². The Kier molecular flexibility index (Phi) is 0.917. The zero-order chi connectivity index (χ0) is 6.97. The third-order valence-corrected chi connectivity index (χ3v) is 1.53. The Labute approximate surface area is 57.3 Å². The van der Waals surface area contributed by atoms with Crippen LogP contribution in [-0.2, 0) is 0 Å². The molecule has 2 aromatic heterocycles. The fourth-order valence-electron chi connectivity index (χ4n) is 1.04. The molecule has 3 nitrogen and oxygen atoms in total. The van der Waals surface area contributed by atoms with Gasteiger partial charge in [-0.05, 0) is 12.1 Å². The summed E-state index contributed by atoms with van der Waals surface area (Å²) in [6, 6.07) is 3.78. The summed E-state index contributed by atoms with van der Waals surface area (Å²) in [5.41, 5.74) is 1.63. The van der Waals surface area contributed by atoms with E-state index in [1.165, 1.54) is 0 Å². The Morgan fingerprint density at radius 2 is 2.50 bits per heavy atom. The maximum Gasteiger partial charge on any atom is 0.153 e. The monoisotopic (exact) mass is 134 g/mol. The van der Waals surface area contributed by atoms with E-state index in [-0.39, 0.29) is 0 Å². The summed E-state index contributed by atoms with van der Waals surface area (Å²) >= 11 is 0. The minimum Gasteiger partial charge on any atom is -0.301 e. The second-order valence-corrected chi connectivity index (χ2v) is 2.11. The first kappa shape index (κ1) is 5.29. The van der Waals surface area contributed by atoms with E-state index in [1.54, 1.807) is 10.7 Å². The zero-order valence-corrected chi connectivity index (χ0v) is 5.24. The number of aromatic nitrogens is 2. The van der Waals surface area contributed by atoms with Gasteiger partial charge in [0.05, 0.1) is 11.1 Å². The van der Waals surface area contributed by atoms with Gasteiger partial charge >= 0.3 is 0 Å². The Morgan fingerprint density at radius 3 is 3.30 bits per heavy atom. The topological polar surface area (TPSA) is 37.3 Å². The van der Waals surface area contributed by atoms with Crippen molar-refractivity contribution in [3.05, 3.63) is 30.1 Å². The summed E-state index contributed by atoms with van der Waals surface area (Å²) in [5, 5.41) is 2.90. The summed E-state index contributed by atoms with van der Waals surface area (Å²) in [7, 11) is 0. The SMILES string of the molecule is O=Cc1c[nH]n2cccc12. The minimum absolute atomic E-state index is 0.699. The summed E-state index contributed by atoms with van der Waals surface area (Å²) in [6.45, 7) is 0. The lowest BCUT2D eigenvalue weighted by molar-refractivity contribution is 0.112. The number of nitrogens with zero attached hydrogens (tertiary/aromatic N) is 1. The molecule has 0 radical (unpaired) electrons. The van der Waals surface area contributed by atoms with Crippen LogP contribution in [0.4, 0.5) is 0 Å². The molecule has 0 saturated heterocycles. The Morgan fingerprint density at radius 1 is 1.60 bits per heavy atom. The van der Waals surface area contributed by atoms with Gasteiger partial charge in [0.25, 0.3) is 0 Å². The van der Waals surface area contributed by atoms with Gasteiger partial charge in [0.15, 0.2) is 6.29 Å². The number of aromatic amines is 1. The molecule has 0 bridgehead atoms. The number of hydrogen-bond donors (Lipinski definition) is 1. The number of hydrogen-bond acceptors (Lipinski definition) is 1.